The van der Waals surface area contributed by atoms with Crippen LogP contribution >= 0.6 is 11.6 Å². The Morgan fingerprint density at radius 3 is 2.51 bits per heavy atom. The van der Waals surface area contributed by atoms with Gasteiger partial charge in [-0.15, -0.1) is 0 Å². The van der Waals surface area contributed by atoms with E-state index < -0.39 is 0 Å². The summed E-state index contributed by atoms with van der Waals surface area (Å²) in [6.07, 6.45) is 2.11. The average Bonchev–Trinajstić information content (AvgIpc) is 2.95. The van der Waals surface area contributed by atoms with E-state index in [2.05, 4.69) is 47.9 Å². The molecule has 11 heteroatoms. The molecular weight excluding hydrogens is 518 g/mol. The second-order valence-electron chi connectivity index (χ2n) is 9.54. The molecule has 206 valence electrons. The number of anilines is 4. The Morgan fingerprint density at radius 1 is 0.897 bits per heavy atom. The summed E-state index contributed by atoms with van der Waals surface area (Å²) in [5, 5.41) is 9.95. The smallest absolute Gasteiger partial charge is 0.229 e. The molecule has 2 aromatic carbocycles. The largest absolute Gasteiger partial charge is 0.490 e. The minimum absolute atomic E-state index is 0.00320. The molecule has 1 saturated heterocycles. The molecule has 5 aliphatic rings. The lowest BCUT2D eigenvalue weighted by molar-refractivity contribution is -0.121. The topological polar surface area (TPSA) is 104 Å². The second kappa shape index (κ2) is 13.6. The highest BCUT2D eigenvalue weighted by atomic mass is 35.5. The van der Waals surface area contributed by atoms with E-state index in [1.54, 1.807) is 24.4 Å². The van der Waals surface area contributed by atoms with Crippen LogP contribution in [-0.2, 0) is 16.1 Å². The maximum atomic E-state index is 12.6. The van der Waals surface area contributed by atoms with Crippen molar-refractivity contribution in [2.24, 2.45) is 0 Å². The molecule has 1 aromatic heterocycles. The summed E-state index contributed by atoms with van der Waals surface area (Å²) in [5.41, 5.74) is 2.84. The highest BCUT2D eigenvalue weighted by molar-refractivity contribution is 6.32. The molecule has 0 atom stereocenters. The molecule has 0 unspecified atom stereocenters. The Kier molecular flexibility index (Phi) is 9.44. The lowest BCUT2D eigenvalue weighted by Gasteiger charge is -2.30. The summed E-state index contributed by atoms with van der Waals surface area (Å²) < 4.78 is 11.3. The fraction of sp³-hybridized carbons (Fsp3) is 0.393. The van der Waals surface area contributed by atoms with E-state index in [9.17, 15) is 4.79 Å². The highest BCUT2D eigenvalue weighted by Gasteiger charge is 2.15. The van der Waals surface area contributed by atoms with E-state index in [1.807, 2.05) is 18.2 Å². The van der Waals surface area contributed by atoms with Crippen molar-refractivity contribution in [2.45, 2.75) is 13.0 Å². The zero-order chi connectivity index (χ0) is 26.9. The first-order valence-corrected chi connectivity index (χ1v) is 13.7. The molecule has 10 nitrogen and oxygen atoms in total. The van der Waals surface area contributed by atoms with E-state index in [4.69, 9.17) is 21.1 Å². The number of carbonyl (C=O) groups is 1. The standard InChI is InChI=1S/C28H34ClN7O3/c29-24-19-23-5-6-25(24)39-16-10-30-27(37)8-11-36(13-12-35-14-17-38-18-15-35)20-21-1-3-22(4-2-21)33-28-31-9-7-26(32-23)34-28/h1-7,9,19H,8,10-18,20H2,(H,30,37)(H2,31,32,33,34). The van der Waals surface area contributed by atoms with Gasteiger partial charge in [0.1, 0.15) is 18.2 Å². The van der Waals surface area contributed by atoms with Gasteiger partial charge in [0.15, 0.2) is 0 Å². The van der Waals surface area contributed by atoms with Gasteiger partial charge in [-0.05, 0) is 42.0 Å². The molecule has 39 heavy (non-hydrogen) atoms. The molecule has 8 rings (SSSR count). The van der Waals surface area contributed by atoms with Crippen molar-refractivity contribution in [1.82, 2.24) is 25.1 Å². The van der Waals surface area contributed by atoms with Gasteiger partial charge in [0.05, 0.1) is 24.8 Å². The third-order valence-electron chi connectivity index (χ3n) is 6.65. The molecule has 5 aliphatic heterocycles. The van der Waals surface area contributed by atoms with Crippen LogP contribution in [0.2, 0.25) is 5.02 Å². The minimum Gasteiger partial charge on any atom is -0.490 e. The quantitative estimate of drug-likeness (QED) is 0.450. The molecular formula is C28H34ClN7O3. The molecule has 6 bridgehead atoms. The molecule has 0 aliphatic carbocycles. The van der Waals surface area contributed by atoms with E-state index in [1.165, 1.54) is 5.56 Å². The third-order valence-corrected chi connectivity index (χ3v) is 6.94. The first-order valence-electron chi connectivity index (χ1n) is 13.3. The number of halogens is 1. The van der Waals surface area contributed by atoms with Crippen molar-refractivity contribution in [2.75, 3.05) is 69.7 Å². The summed E-state index contributed by atoms with van der Waals surface area (Å²) in [7, 11) is 0. The van der Waals surface area contributed by atoms with Gasteiger partial charge in [-0.1, -0.05) is 23.7 Å². The molecule has 6 heterocycles. The fourth-order valence-corrected chi connectivity index (χ4v) is 4.72. The molecule has 3 N–H and O–H groups in total. The van der Waals surface area contributed by atoms with E-state index >= 15 is 0 Å². The van der Waals surface area contributed by atoms with Gasteiger partial charge in [-0.3, -0.25) is 14.6 Å². The normalized spacial score (nSPS) is 17.7. The number of hydrogen-bond acceptors (Lipinski definition) is 9. The number of carbonyl (C=O) groups excluding carboxylic acids is 1. The van der Waals surface area contributed by atoms with E-state index in [0.29, 0.717) is 48.7 Å². The first kappa shape index (κ1) is 27.1. The van der Waals surface area contributed by atoms with Crippen molar-refractivity contribution >= 4 is 40.6 Å². The number of hydrogen-bond donors (Lipinski definition) is 3. The van der Waals surface area contributed by atoms with Gasteiger partial charge in [0.25, 0.3) is 0 Å². The lowest BCUT2D eigenvalue weighted by Crippen LogP contribution is -2.42. The first-order chi connectivity index (χ1) is 19.1. The predicted molar refractivity (Wildman–Crippen MR) is 152 cm³/mol. The number of morpholine rings is 1. The lowest BCUT2D eigenvalue weighted by atomic mass is 10.2. The number of amides is 1. The van der Waals surface area contributed by atoms with Gasteiger partial charge in [-0.2, -0.15) is 4.98 Å². The second-order valence-corrected chi connectivity index (χ2v) is 9.94. The average molecular weight is 552 g/mol. The number of benzene rings is 2. The number of aromatic nitrogens is 2. The van der Waals surface area contributed by atoms with Crippen LogP contribution in [0.15, 0.2) is 54.7 Å². The molecule has 0 radical (unpaired) electrons. The van der Waals surface area contributed by atoms with Crippen molar-refractivity contribution < 1.29 is 14.3 Å². The van der Waals surface area contributed by atoms with Crippen LogP contribution in [0.4, 0.5) is 23.1 Å². The van der Waals surface area contributed by atoms with Crippen LogP contribution in [0.5, 0.6) is 5.75 Å². The van der Waals surface area contributed by atoms with Gasteiger partial charge in [0.2, 0.25) is 11.9 Å². The Labute approximate surface area is 233 Å². The van der Waals surface area contributed by atoms with Crippen LogP contribution in [0, 0.1) is 0 Å². The van der Waals surface area contributed by atoms with Crippen LogP contribution in [-0.4, -0.2) is 84.8 Å². The summed E-state index contributed by atoms with van der Waals surface area (Å²) in [4.78, 5) is 26.3. The Hall–Kier alpha value is -3.44. The Balaban J connectivity index is 1.31. The van der Waals surface area contributed by atoms with Crippen LogP contribution < -0.4 is 20.7 Å². The SMILES string of the molecule is O=C1CCN(CCN2CCOCC2)Cc2ccc(cc2)Nc2nccc(n2)Nc2ccc(c(Cl)c2)OCCN1. The fourth-order valence-electron chi connectivity index (χ4n) is 4.49. The van der Waals surface area contributed by atoms with Crippen molar-refractivity contribution in [3.8, 4) is 5.75 Å². The van der Waals surface area contributed by atoms with Crippen molar-refractivity contribution in [1.29, 1.82) is 0 Å². The van der Waals surface area contributed by atoms with E-state index in [0.717, 1.165) is 57.3 Å². The minimum atomic E-state index is 0.00320. The maximum Gasteiger partial charge on any atom is 0.229 e. The summed E-state index contributed by atoms with van der Waals surface area (Å²) in [6.45, 7) is 7.41. The van der Waals surface area contributed by atoms with Crippen LogP contribution in [0.25, 0.3) is 0 Å². The Bertz CT molecular complexity index is 1240. The van der Waals surface area contributed by atoms with Gasteiger partial charge < -0.3 is 25.4 Å². The number of ether oxygens (including phenoxy) is 2. The highest BCUT2D eigenvalue weighted by Crippen LogP contribution is 2.29. The Morgan fingerprint density at radius 2 is 1.69 bits per heavy atom. The zero-order valence-corrected chi connectivity index (χ0v) is 22.6. The van der Waals surface area contributed by atoms with Crippen molar-refractivity contribution in [3.05, 3.63) is 65.3 Å². The summed E-state index contributed by atoms with van der Waals surface area (Å²) in [5.74, 6) is 1.68. The zero-order valence-electron chi connectivity index (χ0n) is 21.9. The molecule has 0 spiro atoms. The van der Waals surface area contributed by atoms with Crippen LogP contribution in [0.1, 0.15) is 12.0 Å². The maximum absolute atomic E-state index is 12.6. The summed E-state index contributed by atoms with van der Waals surface area (Å²) >= 11 is 6.44. The monoisotopic (exact) mass is 551 g/mol. The summed E-state index contributed by atoms with van der Waals surface area (Å²) in [6, 6.07) is 15.5. The van der Waals surface area contributed by atoms with Gasteiger partial charge in [0, 0.05) is 63.3 Å². The number of rotatable bonds is 3. The number of nitrogens with one attached hydrogen (secondary N) is 3. The predicted octanol–water partition coefficient (Wildman–Crippen LogP) is 3.65. The van der Waals surface area contributed by atoms with Gasteiger partial charge >= 0.3 is 0 Å². The molecule has 3 aromatic rings. The van der Waals surface area contributed by atoms with E-state index in [-0.39, 0.29) is 5.91 Å². The van der Waals surface area contributed by atoms with Crippen molar-refractivity contribution in [3.63, 3.8) is 0 Å². The molecule has 1 amide bonds. The van der Waals surface area contributed by atoms with Crippen LogP contribution in [0.3, 0.4) is 0 Å². The molecule has 1 fully saturated rings. The molecule has 0 saturated carbocycles. The number of nitrogens with zero attached hydrogens (tertiary/aromatic N) is 4. The third kappa shape index (κ3) is 8.27. The van der Waals surface area contributed by atoms with Gasteiger partial charge in [-0.25, -0.2) is 4.98 Å².